The molecule has 5 nitrogen and oxygen atoms in total. The Labute approximate surface area is 223 Å². The first-order valence-corrected chi connectivity index (χ1v) is 13.6. The van der Waals surface area contributed by atoms with Gasteiger partial charge in [-0.3, -0.25) is 9.59 Å². The number of hydrogen-bond donors (Lipinski definition) is 1. The van der Waals surface area contributed by atoms with Gasteiger partial charge in [0, 0.05) is 30.3 Å². The van der Waals surface area contributed by atoms with Gasteiger partial charge >= 0.3 is 0 Å². The Balaban J connectivity index is 1.85. The Morgan fingerprint density at radius 1 is 1.00 bits per heavy atom. The Morgan fingerprint density at radius 2 is 1.72 bits per heavy atom. The predicted molar refractivity (Wildman–Crippen MR) is 148 cm³/mol. The largest absolute Gasteiger partial charge is 0.497 e. The first kappa shape index (κ1) is 27.6. The molecule has 0 saturated heterocycles. The van der Waals surface area contributed by atoms with E-state index in [1.165, 1.54) is 11.8 Å². The SMILES string of the molecule is CCCNC(=O)[C@H](Cc1ccccc1)N(Cc1cccc(OC)c1)C(=O)CSCc1ccccc1Cl. The molecule has 1 N–H and O–H groups in total. The normalized spacial score (nSPS) is 11.5. The van der Waals surface area contributed by atoms with E-state index < -0.39 is 6.04 Å². The molecule has 190 valence electrons. The van der Waals surface area contributed by atoms with Crippen LogP contribution in [0.1, 0.15) is 30.0 Å². The van der Waals surface area contributed by atoms with Crippen molar-refractivity contribution in [3.63, 3.8) is 0 Å². The third kappa shape index (κ3) is 8.32. The van der Waals surface area contributed by atoms with Crippen LogP contribution in [0.4, 0.5) is 0 Å². The van der Waals surface area contributed by atoms with Gasteiger partial charge in [0.2, 0.25) is 11.8 Å². The summed E-state index contributed by atoms with van der Waals surface area (Å²) in [6, 6.07) is 24.4. The van der Waals surface area contributed by atoms with E-state index in [0.717, 1.165) is 23.1 Å². The number of halogens is 1. The van der Waals surface area contributed by atoms with E-state index in [1.54, 1.807) is 12.0 Å². The highest BCUT2D eigenvalue weighted by atomic mass is 35.5. The fraction of sp³-hybridized carbons (Fsp3) is 0.310. The number of ether oxygens (including phenoxy) is 1. The topological polar surface area (TPSA) is 58.6 Å². The molecule has 0 radical (unpaired) electrons. The van der Waals surface area contributed by atoms with Crippen molar-refractivity contribution in [2.24, 2.45) is 0 Å². The molecular formula is C29H33ClN2O3S. The summed E-state index contributed by atoms with van der Waals surface area (Å²) in [5.41, 5.74) is 2.89. The van der Waals surface area contributed by atoms with E-state index >= 15 is 0 Å². The van der Waals surface area contributed by atoms with Crippen LogP contribution in [0.3, 0.4) is 0 Å². The average molecular weight is 525 g/mol. The second-order valence-electron chi connectivity index (χ2n) is 8.45. The lowest BCUT2D eigenvalue weighted by atomic mass is 10.0. The van der Waals surface area contributed by atoms with Gasteiger partial charge in [-0.1, -0.05) is 79.2 Å². The third-order valence-corrected chi connectivity index (χ3v) is 7.08. The number of rotatable bonds is 13. The van der Waals surface area contributed by atoms with Crippen LogP contribution in [0, 0.1) is 0 Å². The number of nitrogens with zero attached hydrogens (tertiary/aromatic N) is 1. The minimum Gasteiger partial charge on any atom is -0.497 e. The van der Waals surface area contributed by atoms with Crippen LogP contribution in [-0.4, -0.2) is 42.2 Å². The molecule has 0 aliphatic rings. The highest BCUT2D eigenvalue weighted by molar-refractivity contribution is 7.99. The molecular weight excluding hydrogens is 492 g/mol. The number of carbonyl (C=O) groups excluding carboxylic acids is 2. The average Bonchev–Trinajstić information content (AvgIpc) is 2.91. The fourth-order valence-electron chi connectivity index (χ4n) is 3.83. The van der Waals surface area contributed by atoms with Gasteiger partial charge in [-0.15, -0.1) is 11.8 Å². The maximum absolute atomic E-state index is 13.6. The van der Waals surface area contributed by atoms with Gasteiger partial charge in [-0.25, -0.2) is 0 Å². The van der Waals surface area contributed by atoms with E-state index in [4.69, 9.17) is 16.3 Å². The predicted octanol–water partition coefficient (Wildman–Crippen LogP) is 5.75. The molecule has 3 aromatic carbocycles. The lowest BCUT2D eigenvalue weighted by Crippen LogP contribution is -2.51. The van der Waals surface area contributed by atoms with Crippen LogP contribution in [0.2, 0.25) is 5.02 Å². The molecule has 3 rings (SSSR count). The van der Waals surface area contributed by atoms with E-state index in [-0.39, 0.29) is 17.6 Å². The number of benzene rings is 3. The van der Waals surface area contributed by atoms with Gasteiger partial charge < -0.3 is 15.0 Å². The Bertz CT molecular complexity index is 1130. The van der Waals surface area contributed by atoms with Crippen LogP contribution in [-0.2, 0) is 28.3 Å². The Morgan fingerprint density at radius 3 is 2.44 bits per heavy atom. The van der Waals surface area contributed by atoms with Crippen molar-refractivity contribution in [1.29, 1.82) is 0 Å². The molecule has 3 aromatic rings. The summed E-state index contributed by atoms with van der Waals surface area (Å²) < 4.78 is 5.38. The summed E-state index contributed by atoms with van der Waals surface area (Å²) in [6.45, 7) is 2.88. The van der Waals surface area contributed by atoms with Gasteiger partial charge in [0.1, 0.15) is 11.8 Å². The lowest BCUT2D eigenvalue weighted by Gasteiger charge is -2.31. The smallest absolute Gasteiger partial charge is 0.243 e. The van der Waals surface area contributed by atoms with Crippen molar-refractivity contribution in [2.45, 2.75) is 38.1 Å². The zero-order valence-electron chi connectivity index (χ0n) is 20.8. The molecule has 0 bridgehead atoms. The first-order valence-electron chi connectivity index (χ1n) is 12.1. The Hall–Kier alpha value is -2.96. The van der Waals surface area contributed by atoms with Crippen LogP contribution < -0.4 is 10.1 Å². The van der Waals surface area contributed by atoms with E-state index in [1.807, 2.05) is 85.8 Å². The Kier molecular flexibility index (Phi) is 11.2. The quantitative estimate of drug-likeness (QED) is 0.309. The number of thioether (sulfide) groups is 1. The van der Waals surface area contributed by atoms with Crippen molar-refractivity contribution in [1.82, 2.24) is 10.2 Å². The van der Waals surface area contributed by atoms with Crippen molar-refractivity contribution in [2.75, 3.05) is 19.4 Å². The van der Waals surface area contributed by atoms with Crippen molar-refractivity contribution >= 4 is 35.2 Å². The maximum Gasteiger partial charge on any atom is 0.243 e. The first-order chi connectivity index (χ1) is 17.5. The van der Waals surface area contributed by atoms with Crippen LogP contribution in [0.5, 0.6) is 5.75 Å². The van der Waals surface area contributed by atoms with Gasteiger partial charge in [-0.2, -0.15) is 0 Å². The molecule has 0 heterocycles. The van der Waals surface area contributed by atoms with Crippen LogP contribution >= 0.6 is 23.4 Å². The summed E-state index contributed by atoms with van der Waals surface area (Å²) in [4.78, 5) is 28.7. The molecule has 0 unspecified atom stereocenters. The van der Waals surface area contributed by atoms with Gasteiger partial charge in [0.25, 0.3) is 0 Å². The number of hydrogen-bond acceptors (Lipinski definition) is 4. The zero-order chi connectivity index (χ0) is 25.8. The summed E-state index contributed by atoms with van der Waals surface area (Å²) in [6.07, 6.45) is 1.25. The van der Waals surface area contributed by atoms with Crippen molar-refractivity contribution < 1.29 is 14.3 Å². The molecule has 36 heavy (non-hydrogen) atoms. The van der Waals surface area contributed by atoms with Crippen LogP contribution in [0.25, 0.3) is 0 Å². The molecule has 0 spiro atoms. The minimum atomic E-state index is -0.640. The van der Waals surface area contributed by atoms with Gasteiger partial charge in [-0.05, 0) is 41.3 Å². The molecule has 0 fully saturated rings. The summed E-state index contributed by atoms with van der Waals surface area (Å²) in [5, 5.41) is 3.69. The number of amides is 2. The molecule has 0 aliphatic heterocycles. The zero-order valence-corrected chi connectivity index (χ0v) is 22.4. The highest BCUT2D eigenvalue weighted by Gasteiger charge is 2.30. The molecule has 0 aromatic heterocycles. The van der Waals surface area contributed by atoms with Crippen LogP contribution in [0.15, 0.2) is 78.9 Å². The standard InChI is InChI=1S/C29H33ClN2O3S/c1-3-16-31-29(34)27(18-22-10-5-4-6-11-22)32(19-23-12-9-14-25(17-23)35-2)28(33)21-36-20-24-13-7-8-15-26(24)30/h4-15,17,27H,3,16,18-21H2,1-2H3,(H,31,34)/t27-/m0/s1. The van der Waals surface area contributed by atoms with E-state index in [0.29, 0.717) is 36.0 Å². The molecule has 1 atom stereocenters. The summed E-state index contributed by atoms with van der Waals surface area (Å²) >= 11 is 7.79. The molecule has 7 heteroatoms. The molecule has 2 amide bonds. The lowest BCUT2D eigenvalue weighted by molar-refractivity contribution is -0.139. The van der Waals surface area contributed by atoms with E-state index in [2.05, 4.69) is 5.32 Å². The molecule has 0 saturated carbocycles. The number of nitrogens with one attached hydrogen (secondary N) is 1. The number of carbonyl (C=O) groups is 2. The maximum atomic E-state index is 13.6. The van der Waals surface area contributed by atoms with Crippen molar-refractivity contribution in [3.05, 3.63) is 101 Å². The molecule has 0 aliphatic carbocycles. The van der Waals surface area contributed by atoms with Crippen molar-refractivity contribution in [3.8, 4) is 5.75 Å². The highest BCUT2D eigenvalue weighted by Crippen LogP contribution is 2.23. The number of methoxy groups -OCH3 is 1. The second-order valence-corrected chi connectivity index (χ2v) is 9.85. The van der Waals surface area contributed by atoms with Gasteiger partial charge in [0.15, 0.2) is 0 Å². The summed E-state index contributed by atoms with van der Waals surface area (Å²) in [7, 11) is 1.61. The minimum absolute atomic E-state index is 0.0950. The van der Waals surface area contributed by atoms with Gasteiger partial charge in [0.05, 0.1) is 12.9 Å². The fourth-order valence-corrected chi connectivity index (χ4v) is 5.03. The third-order valence-electron chi connectivity index (χ3n) is 5.75. The van der Waals surface area contributed by atoms with E-state index in [9.17, 15) is 9.59 Å². The monoisotopic (exact) mass is 524 g/mol. The second kappa shape index (κ2) is 14.6. The summed E-state index contributed by atoms with van der Waals surface area (Å²) in [5.74, 6) is 1.32.